The molecular formula is C20H24N2O2. The fraction of sp³-hybridized carbons (Fsp3) is 0.400. The van der Waals surface area contributed by atoms with E-state index in [0.717, 1.165) is 45.1 Å². The van der Waals surface area contributed by atoms with Crippen LogP contribution in [0.4, 0.5) is 5.69 Å². The minimum atomic E-state index is 0.495. The van der Waals surface area contributed by atoms with Gasteiger partial charge in [-0.15, -0.1) is 0 Å². The van der Waals surface area contributed by atoms with E-state index < -0.39 is 0 Å². The molecule has 2 heterocycles. The molecule has 2 aliphatic heterocycles. The van der Waals surface area contributed by atoms with Gasteiger partial charge in [-0.3, -0.25) is 4.90 Å². The van der Waals surface area contributed by atoms with E-state index >= 15 is 0 Å². The smallest absolute Gasteiger partial charge is 0.143 e. The summed E-state index contributed by atoms with van der Waals surface area (Å²) in [5.41, 5.74) is 2.39. The van der Waals surface area contributed by atoms with Crippen LogP contribution in [0.5, 0.6) is 5.75 Å². The molecule has 2 aromatic carbocycles. The molecule has 126 valence electrons. The average molecular weight is 324 g/mol. The van der Waals surface area contributed by atoms with Crippen molar-refractivity contribution < 1.29 is 9.47 Å². The number of ether oxygens (including phenoxy) is 2. The lowest BCUT2D eigenvalue weighted by Gasteiger charge is -2.44. The van der Waals surface area contributed by atoms with E-state index in [1.807, 2.05) is 24.3 Å². The van der Waals surface area contributed by atoms with Gasteiger partial charge in [0.2, 0.25) is 0 Å². The zero-order valence-electron chi connectivity index (χ0n) is 13.9. The summed E-state index contributed by atoms with van der Waals surface area (Å²) in [4.78, 5) is 4.99. The van der Waals surface area contributed by atoms with Gasteiger partial charge in [-0.2, -0.15) is 0 Å². The quantitative estimate of drug-likeness (QED) is 0.863. The van der Waals surface area contributed by atoms with Gasteiger partial charge in [-0.05, 0) is 17.7 Å². The number of benzene rings is 2. The predicted octanol–water partition coefficient (Wildman–Crippen LogP) is 2.79. The van der Waals surface area contributed by atoms with Crippen molar-refractivity contribution in [3.05, 3.63) is 60.2 Å². The van der Waals surface area contributed by atoms with Crippen LogP contribution in [0, 0.1) is 0 Å². The molecule has 4 rings (SSSR count). The maximum Gasteiger partial charge on any atom is 0.143 e. The number of fused-ring (bicyclic) bond motifs is 1. The highest BCUT2D eigenvalue weighted by Crippen LogP contribution is 2.31. The third-order valence-corrected chi connectivity index (χ3v) is 4.88. The first-order valence-electron chi connectivity index (χ1n) is 8.72. The average Bonchev–Trinajstić information content (AvgIpc) is 2.67. The van der Waals surface area contributed by atoms with Crippen molar-refractivity contribution >= 4 is 5.69 Å². The Balaban J connectivity index is 1.47. The van der Waals surface area contributed by atoms with Crippen molar-refractivity contribution in [2.24, 2.45) is 0 Å². The predicted molar refractivity (Wildman–Crippen MR) is 95.6 cm³/mol. The number of hydrogen-bond donors (Lipinski definition) is 0. The SMILES string of the molecule is c1ccc(COc2ccccc2N2CCN3CCOC[C@H]3C2)cc1. The number of rotatable bonds is 4. The van der Waals surface area contributed by atoms with E-state index in [4.69, 9.17) is 9.47 Å². The number of morpholine rings is 1. The Hall–Kier alpha value is -2.04. The number of nitrogens with zero attached hydrogens (tertiary/aromatic N) is 2. The molecule has 0 bridgehead atoms. The molecule has 0 N–H and O–H groups in total. The molecule has 0 saturated carbocycles. The van der Waals surface area contributed by atoms with Gasteiger partial charge in [0.1, 0.15) is 12.4 Å². The summed E-state index contributed by atoms with van der Waals surface area (Å²) in [6.07, 6.45) is 0. The Morgan fingerprint density at radius 3 is 2.71 bits per heavy atom. The van der Waals surface area contributed by atoms with Crippen LogP contribution in [-0.4, -0.2) is 50.3 Å². The van der Waals surface area contributed by atoms with Gasteiger partial charge in [-0.1, -0.05) is 42.5 Å². The zero-order valence-corrected chi connectivity index (χ0v) is 13.9. The van der Waals surface area contributed by atoms with E-state index in [0.29, 0.717) is 12.6 Å². The molecule has 2 aliphatic rings. The highest BCUT2D eigenvalue weighted by atomic mass is 16.5. The summed E-state index contributed by atoms with van der Waals surface area (Å²) in [5.74, 6) is 0.964. The summed E-state index contributed by atoms with van der Waals surface area (Å²) in [6.45, 7) is 6.51. The second-order valence-corrected chi connectivity index (χ2v) is 6.45. The Morgan fingerprint density at radius 1 is 0.958 bits per heavy atom. The van der Waals surface area contributed by atoms with Gasteiger partial charge in [0.05, 0.1) is 24.9 Å². The molecule has 4 heteroatoms. The van der Waals surface area contributed by atoms with Crippen LogP contribution in [-0.2, 0) is 11.3 Å². The van der Waals surface area contributed by atoms with Crippen molar-refractivity contribution in [2.75, 3.05) is 44.3 Å². The Bertz CT molecular complexity index is 662. The third kappa shape index (κ3) is 3.40. The van der Waals surface area contributed by atoms with E-state index in [2.05, 4.69) is 40.1 Å². The third-order valence-electron chi connectivity index (χ3n) is 4.88. The van der Waals surface area contributed by atoms with Gasteiger partial charge in [0.15, 0.2) is 0 Å². The van der Waals surface area contributed by atoms with Crippen molar-refractivity contribution in [2.45, 2.75) is 12.6 Å². The normalized spacial score (nSPS) is 21.3. The summed E-state index contributed by atoms with van der Waals surface area (Å²) < 4.78 is 11.8. The Kier molecular flexibility index (Phi) is 4.67. The maximum atomic E-state index is 6.13. The van der Waals surface area contributed by atoms with Gasteiger partial charge < -0.3 is 14.4 Å². The second kappa shape index (κ2) is 7.24. The highest BCUT2D eigenvalue weighted by Gasteiger charge is 2.30. The first-order chi connectivity index (χ1) is 11.9. The molecule has 1 atom stereocenters. The summed E-state index contributed by atoms with van der Waals surface area (Å²) in [5, 5.41) is 0. The lowest BCUT2D eigenvalue weighted by atomic mass is 10.1. The van der Waals surface area contributed by atoms with Gasteiger partial charge in [0, 0.05) is 26.2 Å². The number of piperazine rings is 1. The van der Waals surface area contributed by atoms with Gasteiger partial charge in [0.25, 0.3) is 0 Å². The molecule has 0 amide bonds. The molecule has 0 aliphatic carbocycles. The molecule has 0 radical (unpaired) electrons. The molecule has 0 aromatic heterocycles. The molecule has 2 aromatic rings. The second-order valence-electron chi connectivity index (χ2n) is 6.45. The maximum absolute atomic E-state index is 6.13. The molecule has 0 spiro atoms. The van der Waals surface area contributed by atoms with Crippen LogP contribution in [0.15, 0.2) is 54.6 Å². The molecule has 0 unspecified atom stereocenters. The van der Waals surface area contributed by atoms with Crippen LogP contribution >= 0.6 is 0 Å². The van der Waals surface area contributed by atoms with Crippen LogP contribution in [0.2, 0.25) is 0 Å². The molecule has 4 nitrogen and oxygen atoms in total. The van der Waals surface area contributed by atoms with Crippen molar-refractivity contribution in [1.29, 1.82) is 0 Å². The number of hydrogen-bond acceptors (Lipinski definition) is 4. The number of anilines is 1. The first kappa shape index (κ1) is 15.5. The van der Waals surface area contributed by atoms with Crippen molar-refractivity contribution in [3.63, 3.8) is 0 Å². The number of para-hydroxylation sites is 2. The summed E-state index contributed by atoms with van der Waals surface area (Å²) in [7, 11) is 0. The van der Waals surface area contributed by atoms with E-state index in [9.17, 15) is 0 Å². The molecule has 2 saturated heterocycles. The fourth-order valence-corrected chi connectivity index (χ4v) is 3.54. The van der Waals surface area contributed by atoms with Crippen molar-refractivity contribution in [3.8, 4) is 5.75 Å². The highest BCUT2D eigenvalue weighted by molar-refractivity contribution is 5.59. The van der Waals surface area contributed by atoms with E-state index in [1.165, 1.54) is 11.3 Å². The lowest BCUT2D eigenvalue weighted by Crippen LogP contribution is -2.58. The van der Waals surface area contributed by atoms with Gasteiger partial charge in [-0.25, -0.2) is 0 Å². The zero-order chi connectivity index (χ0) is 16.2. The van der Waals surface area contributed by atoms with Gasteiger partial charge >= 0.3 is 0 Å². The van der Waals surface area contributed by atoms with Crippen LogP contribution < -0.4 is 9.64 Å². The fourth-order valence-electron chi connectivity index (χ4n) is 3.54. The topological polar surface area (TPSA) is 24.9 Å². The molecule has 24 heavy (non-hydrogen) atoms. The Morgan fingerprint density at radius 2 is 1.79 bits per heavy atom. The van der Waals surface area contributed by atoms with E-state index in [-0.39, 0.29) is 0 Å². The molecule has 2 fully saturated rings. The minimum absolute atomic E-state index is 0.495. The monoisotopic (exact) mass is 324 g/mol. The van der Waals surface area contributed by atoms with Crippen LogP contribution in [0.25, 0.3) is 0 Å². The summed E-state index contributed by atoms with van der Waals surface area (Å²) in [6, 6.07) is 19.2. The lowest BCUT2D eigenvalue weighted by molar-refractivity contribution is -0.0117. The first-order valence-corrected chi connectivity index (χ1v) is 8.72. The van der Waals surface area contributed by atoms with E-state index in [1.54, 1.807) is 0 Å². The van der Waals surface area contributed by atoms with Crippen LogP contribution in [0.3, 0.4) is 0 Å². The molecular weight excluding hydrogens is 300 g/mol. The largest absolute Gasteiger partial charge is 0.487 e. The summed E-state index contributed by atoms with van der Waals surface area (Å²) >= 11 is 0. The minimum Gasteiger partial charge on any atom is -0.487 e. The standard InChI is InChI=1S/C20H24N2O2/c1-2-6-17(7-3-1)15-24-20-9-5-4-8-19(20)22-11-10-21-12-13-23-16-18(21)14-22/h1-9,18H,10-16H2/t18-/m1/s1. The van der Waals surface area contributed by atoms with Crippen LogP contribution in [0.1, 0.15) is 5.56 Å². The Labute approximate surface area is 143 Å². The van der Waals surface area contributed by atoms with Crippen molar-refractivity contribution in [1.82, 2.24) is 4.90 Å².